The SMILES string of the molecule is NC(CCO)c1ccc2ncoc2c1. The lowest BCUT2D eigenvalue weighted by Gasteiger charge is -2.09. The Labute approximate surface area is 81.4 Å². The summed E-state index contributed by atoms with van der Waals surface area (Å²) in [6.07, 6.45) is 1.96. The number of aliphatic hydroxyl groups excluding tert-OH is 1. The molecule has 0 amide bonds. The summed E-state index contributed by atoms with van der Waals surface area (Å²) in [5.41, 5.74) is 8.36. The Bertz CT molecular complexity index is 425. The maximum absolute atomic E-state index is 8.76. The molecule has 2 aromatic rings. The van der Waals surface area contributed by atoms with E-state index in [-0.39, 0.29) is 12.6 Å². The first-order valence-corrected chi connectivity index (χ1v) is 4.51. The van der Waals surface area contributed by atoms with Crippen LogP contribution in [0, 0.1) is 0 Å². The summed E-state index contributed by atoms with van der Waals surface area (Å²) >= 11 is 0. The lowest BCUT2D eigenvalue weighted by atomic mass is 10.0. The van der Waals surface area contributed by atoms with Crippen molar-refractivity contribution in [1.29, 1.82) is 0 Å². The second-order valence-electron chi connectivity index (χ2n) is 3.20. The maximum atomic E-state index is 8.76. The molecule has 3 N–H and O–H groups in total. The van der Waals surface area contributed by atoms with Crippen molar-refractivity contribution in [2.24, 2.45) is 5.73 Å². The van der Waals surface area contributed by atoms with Gasteiger partial charge in [0, 0.05) is 12.6 Å². The predicted octanol–water partition coefficient (Wildman–Crippen LogP) is 1.21. The Balaban J connectivity index is 2.33. The van der Waals surface area contributed by atoms with E-state index in [9.17, 15) is 0 Å². The second kappa shape index (κ2) is 3.77. The molecule has 1 heterocycles. The molecule has 1 aromatic carbocycles. The number of aromatic nitrogens is 1. The van der Waals surface area contributed by atoms with Crippen LogP contribution in [-0.2, 0) is 0 Å². The number of nitrogens with zero attached hydrogens (tertiary/aromatic N) is 1. The fourth-order valence-electron chi connectivity index (χ4n) is 1.41. The molecule has 4 heteroatoms. The van der Waals surface area contributed by atoms with E-state index in [1.807, 2.05) is 18.2 Å². The normalized spacial score (nSPS) is 13.3. The van der Waals surface area contributed by atoms with Crippen molar-refractivity contribution in [3.8, 4) is 0 Å². The molecule has 0 saturated heterocycles. The van der Waals surface area contributed by atoms with Crippen molar-refractivity contribution in [1.82, 2.24) is 4.98 Å². The van der Waals surface area contributed by atoms with E-state index in [0.717, 1.165) is 16.7 Å². The second-order valence-corrected chi connectivity index (χ2v) is 3.20. The summed E-state index contributed by atoms with van der Waals surface area (Å²) in [5, 5.41) is 8.76. The van der Waals surface area contributed by atoms with Crippen LogP contribution >= 0.6 is 0 Å². The number of oxazole rings is 1. The summed E-state index contributed by atoms with van der Waals surface area (Å²) in [6, 6.07) is 5.49. The van der Waals surface area contributed by atoms with Gasteiger partial charge in [0.2, 0.25) is 0 Å². The fourth-order valence-corrected chi connectivity index (χ4v) is 1.41. The van der Waals surface area contributed by atoms with Gasteiger partial charge in [-0.3, -0.25) is 0 Å². The highest BCUT2D eigenvalue weighted by Crippen LogP contribution is 2.19. The maximum Gasteiger partial charge on any atom is 0.181 e. The van der Waals surface area contributed by atoms with Crippen molar-refractivity contribution >= 4 is 11.1 Å². The molecule has 0 spiro atoms. The zero-order valence-corrected chi connectivity index (χ0v) is 7.68. The van der Waals surface area contributed by atoms with E-state index in [1.165, 1.54) is 6.39 Å². The van der Waals surface area contributed by atoms with Gasteiger partial charge in [-0.05, 0) is 24.1 Å². The van der Waals surface area contributed by atoms with E-state index in [1.54, 1.807) is 0 Å². The summed E-state index contributed by atoms with van der Waals surface area (Å²) in [7, 11) is 0. The zero-order chi connectivity index (χ0) is 9.97. The Hall–Kier alpha value is -1.39. The van der Waals surface area contributed by atoms with Gasteiger partial charge in [-0.25, -0.2) is 4.98 Å². The number of hydrogen-bond donors (Lipinski definition) is 2. The molecular formula is C10H12N2O2. The van der Waals surface area contributed by atoms with E-state index in [2.05, 4.69) is 4.98 Å². The lowest BCUT2D eigenvalue weighted by molar-refractivity contribution is 0.276. The molecule has 0 radical (unpaired) electrons. The topological polar surface area (TPSA) is 72.3 Å². The Kier molecular flexibility index (Phi) is 2.47. The van der Waals surface area contributed by atoms with Crippen molar-refractivity contribution in [2.75, 3.05) is 6.61 Å². The predicted molar refractivity (Wildman–Crippen MR) is 52.6 cm³/mol. The lowest BCUT2D eigenvalue weighted by Crippen LogP contribution is -2.11. The highest BCUT2D eigenvalue weighted by molar-refractivity contribution is 5.72. The molecule has 1 unspecified atom stereocenters. The molecule has 0 fully saturated rings. The molecule has 0 aliphatic rings. The van der Waals surface area contributed by atoms with Crippen LogP contribution in [0.2, 0.25) is 0 Å². The Morgan fingerprint density at radius 1 is 1.50 bits per heavy atom. The third-order valence-electron chi connectivity index (χ3n) is 2.22. The van der Waals surface area contributed by atoms with Crippen molar-refractivity contribution in [3.63, 3.8) is 0 Å². The number of benzene rings is 1. The quantitative estimate of drug-likeness (QED) is 0.766. The molecule has 4 nitrogen and oxygen atoms in total. The zero-order valence-electron chi connectivity index (χ0n) is 7.68. The number of aliphatic hydroxyl groups is 1. The minimum Gasteiger partial charge on any atom is -0.443 e. The average molecular weight is 192 g/mol. The number of hydrogen-bond acceptors (Lipinski definition) is 4. The average Bonchev–Trinajstić information content (AvgIpc) is 2.64. The number of nitrogens with two attached hydrogens (primary N) is 1. The third-order valence-corrected chi connectivity index (χ3v) is 2.22. The van der Waals surface area contributed by atoms with Gasteiger partial charge in [0.25, 0.3) is 0 Å². The van der Waals surface area contributed by atoms with Gasteiger partial charge in [0.15, 0.2) is 12.0 Å². The monoisotopic (exact) mass is 192 g/mol. The summed E-state index contributed by atoms with van der Waals surface area (Å²) < 4.78 is 5.16. The Morgan fingerprint density at radius 3 is 3.14 bits per heavy atom. The smallest absolute Gasteiger partial charge is 0.181 e. The van der Waals surface area contributed by atoms with Crippen LogP contribution in [0.25, 0.3) is 11.1 Å². The molecule has 0 saturated carbocycles. The van der Waals surface area contributed by atoms with Gasteiger partial charge in [-0.2, -0.15) is 0 Å². The van der Waals surface area contributed by atoms with Gasteiger partial charge in [-0.1, -0.05) is 6.07 Å². The van der Waals surface area contributed by atoms with E-state index >= 15 is 0 Å². The molecule has 1 aromatic heterocycles. The standard InChI is InChI=1S/C10H12N2O2/c11-8(3-4-13)7-1-2-9-10(5-7)14-6-12-9/h1-2,5-6,8,13H,3-4,11H2. The van der Waals surface area contributed by atoms with Crippen LogP contribution in [0.15, 0.2) is 29.0 Å². The van der Waals surface area contributed by atoms with Gasteiger partial charge in [0.1, 0.15) is 5.52 Å². The van der Waals surface area contributed by atoms with Crippen LogP contribution in [0.5, 0.6) is 0 Å². The first-order chi connectivity index (χ1) is 6.81. The summed E-state index contributed by atoms with van der Waals surface area (Å²) in [6.45, 7) is 0.0929. The van der Waals surface area contributed by atoms with Crippen LogP contribution in [0.4, 0.5) is 0 Å². The number of fused-ring (bicyclic) bond motifs is 1. The highest BCUT2D eigenvalue weighted by atomic mass is 16.3. The van der Waals surface area contributed by atoms with Crippen molar-refractivity contribution < 1.29 is 9.52 Å². The van der Waals surface area contributed by atoms with Gasteiger partial charge in [0.05, 0.1) is 0 Å². The first-order valence-electron chi connectivity index (χ1n) is 4.51. The molecule has 0 bridgehead atoms. The minimum atomic E-state index is -0.144. The summed E-state index contributed by atoms with van der Waals surface area (Å²) in [5.74, 6) is 0. The molecule has 1 atom stereocenters. The van der Waals surface area contributed by atoms with Crippen molar-refractivity contribution in [3.05, 3.63) is 30.2 Å². The summed E-state index contributed by atoms with van der Waals surface area (Å²) in [4.78, 5) is 4.01. The molecule has 0 aliphatic heterocycles. The van der Waals surface area contributed by atoms with Crippen molar-refractivity contribution in [2.45, 2.75) is 12.5 Å². The third kappa shape index (κ3) is 1.62. The van der Waals surface area contributed by atoms with Gasteiger partial charge in [-0.15, -0.1) is 0 Å². The van der Waals surface area contributed by atoms with Gasteiger partial charge >= 0.3 is 0 Å². The van der Waals surface area contributed by atoms with E-state index < -0.39 is 0 Å². The number of rotatable bonds is 3. The minimum absolute atomic E-state index is 0.0929. The molecule has 74 valence electrons. The van der Waals surface area contributed by atoms with Crippen LogP contribution in [-0.4, -0.2) is 16.7 Å². The fraction of sp³-hybridized carbons (Fsp3) is 0.300. The van der Waals surface area contributed by atoms with E-state index in [4.69, 9.17) is 15.3 Å². The van der Waals surface area contributed by atoms with Gasteiger partial charge < -0.3 is 15.3 Å². The highest BCUT2D eigenvalue weighted by Gasteiger charge is 2.07. The van der Waals surface area contributed by atoms with E-state index in [0.29, 0.717) is 6.42 Å². The largest absolute Gasteiger partial charge is 0.443 e. The first kappa shape index (κ1) is 9.18. The molecule has 2 rings (SSSR count). The Morgan fingerprint density at radius 2 is 2.36 bits per heavy atom. The van der Waals surface area contributed by atoms with Crippen LogP contribution in [0.1, 0.15) is 18.0 Å². The molecule has 0 aliphatic carbocycles. The molecule has 14 heavy (non-hydrogen) atoms. The molecular weight excluding hydrogens is 180 g/mol. The van der Waals surface area contributed by atoms with Crippen LogP contribution < -0.4 is 5.73 Å². The van der Waals surface area contributed by atoms with Crippen LogP contribution in [0.3, 0.4) is 0 Å².